The molecule has 0 radical (unpaired) electrons. The molecule has 0 fully saturated rings. The van der Waals surface area contributed by atoms with E-state index in [1.54, 1.807) is 5.38 Å². The first-order chi connectivity index (χ1) is 7.71. The Morgan fingerprint density at radius 2 is 2.06 bits per heavy atom. The number of amides is 1. The Balaban J connectivity index is 2.84. The van der Waals surface area contributed by atoms with Crippen LogP contribution < -0.4 is 0 Å². The molecular formula is C11H16N2O3S. The number of hydrogen-bond donors (Lipinski definition) is 1. The molecule has 0 unspecified atom stereocenters. The lowest BCUT2D eigenvalue weighted by molar-refractivity contribution is -0.137. The highest BCUT2D eigenvalue weighted by atomic mass is 32.1. The summed E-state index contributed by atoms with van der Waals surface area (Å²) in [6.07, 6.45) is 0. The Labute approximate surface area is 104 Å². The molecule has 0 saturated heterocycles. The molecular weight excluding hydrogens is 240 g/mol. The number of carbonyl (C=O) groups excluding carboxylic acids is 1. The van der Waals surface area contributed by atoms with Crippen LogP contribution in [0.5, 0.6) is 0 Å². The maximum absolute atomic E-state index is 11.8. The average molecular weight is 256 g/mol. The van der Waals surface area contributed by atoms with E-state index in [1.165, 1.54) is 18.4 Å². The minimum absolute atomic E-state index is 0.103. The van der Waals surface area contributed by atoms with Crippen LogP contribution in [0.2, 0.25) is 0 Å². The zero-order valence-electron chi connectivity index (χ0n) is 10.4. The van der Waals surface area contributed by atoms with Gasteiger partial charge in [-0.3, -0.25) is 9.59 Å². The second-order valence-corrected chi connectivity index (χ2v) is 5.70. The smallest absolute Gasteiger partial charge is 0.323 e. The van der Waals surface area contributed by atoms with Crippen LogP contribution >= 0.6 is 11.3 Å². The number of carboxylic acids is 1. The molecule has 94 valence electrons. The van der Waals surface area contributed by atoms with Crippen LogP contribution in [0.3, 0.4) is 0 Å². The molecule has 0 aliphatic rings. The van der Waals surface area contributed by atoms with Gasteiger partial charge in [0.05, 0.1) is 5.01 Å². The molecule has 0 aliphatic heterocycles. The Morgan fingerprint density at radius 1 is 1.47 bits per heavy atom. The van der Waals surface area contributed by atoms with Gasteiger partial charge in [0.1, 0.15) is 12.2 Å². The van der Waals surface area contributed by atoms with Gasteiger partial charge >= 0.3 is 5.97 Å². The standard InChI is InChI=1S/C11H16N2O3S/c1-11(2,3)10-12-7(6-17-10)9(16)13(4)5-8(14)15/h6H,5H2,1-4H3,(H,14,15). The Kier molecular flexibility index (Phi) is 3.87. The van der Waals surface area contributed by atoms with Gasteiger partial charge in [0.2, 0.25) is 0 Å². The summed E-state index contributed by atoms with van der Waals surface area (Å²) in [5.41, 5.74) is 0.206. The van der Waals surface area contributed by atoms with Crippen LogP contribution in [-0.4, -0.2) is 40.5 Å². The molecule has 1 heterocycles. The first kappa shape index (κ1) is 13.6. The number of carboxylic acid groups (broad SMARTS) is 1. The Bertz CT molecular complexity index is 434. The summed E-state index contributed by atoms with van der Waals surface area (Å²) in [5.74, 6) is -1.40. The van der Waals surface area contributed by atoms with Crippen molar-refractivity contribution in [3.8, 4) is 0 Å². The minimum Gasteiger partial charge on any atom is -0.480 e. The highest BCUT2D eigenvalue weighted by Crippen LogP contribution is 2.25. The number of rotatable bonds is 3. The van der Waals surface area contributed by atoms with Crippen molar-refractivity contribution >= 4 is 23.2 Å². The topological polar surface area (TPSA) is 70.5 Å². The van der Waals surface area contributed by atoms with Gasteiger partial charge in [0, 0.05) is 17.8 Å². The predicted molar refractivity (Wildman–Crippen MR) is 65.4 cm³/mol. The molecule has 1 rings (SSSR count). The molecule has 1 aromatic heterocycles. The van der Waals surface area contributed by atoms with E-state index in [1.807, 2.05) is 20.8 Å². The first-order valence-electron chi connectivity index (χ1n) is 5.15. The number of thiazole rings is 1. The van der Waals surface area contributed by atoms with Crippen LogP contribution in [-0.2, 0) is 10.2 Å². The van der Waals surface area contributed by atoms with Gasteiger partial charge in [-0.25, -0.2) is 4.98 Å². The van der Waals surface area contributed by atoms with Gasteiger partial charge in [0.15, 0.2) is 0 Å². The average Bonchev–Trinajstić information content (AvgIpc) is 2.63. The number of nitrogens with zero attached hydrogens (tertiary/aromatic N) is 2. The quantitative estimate of drug-likeness (QED) is 0.891. The Morgan fingerprint density at radius 3 is 2.47 bits per heavy atom. The fourth-order valence-corrected chi connectivity index (χ4v) is 2.07. The zero-order chi connectivity index (χ0) is 13.2. The van der Waals surface area contributed by atoms with Crippen molar-refractivity contribution < 1.29 is 14.7 Å². The summed E-state index contributed by atoms with van der Waals surface area (Å²) in [6.45, 7) is 5.73. The predicted octanol–water partition coefficient (Wildman–Crippen LogP) is 1.60. The van der Waals surface area contributed by atoms with Gasteiger partial charge in [-0.1, -0.05) is 20.8 Å². The molecule has 5 nitrogen and oxygen atoms in total. The van der Waals surface area contributed by atoms with E-state index < -0.39 is 5.97 Å². The first-order valence-corrected chi connectivity index (χ1v) is 6.03. The fraction of sp³-hybridized carbons (Fsp3) is 0.545. The molecule has 6 heteroatoms. The highest BCUT2D eigenvalue weighted by molar-refractivity contribution is 7.10. The van der Waals surface area contributed by atoms with Crippen LogP contribution in [0.25, 0.3) is 0 Å². The third kappa shape index (κ3) is 3.52. The van der Waals surface area contributed by atoms with Crippen LogP contribution in [0.4, 0.5) is 0 Å². The van der Waals surface area contributed by atoms with Gasteiger partial charge in [-0.15, -0.1) is 11.3 Å². The summed E-state index contributed by atoms with van der Waals surface area (Å²) >= 11 is 1.42. The van der Waals surface area contributed by atoms with E-state index in [0.29, 0.717) is 5.69 Å². The Hall–Kier alpha value is -1.43. The molecule has 0 atom stereocenters. The van der Waals surface area contributed by atoms with Crippen molar-refractivity contribution in [3.63, 3.8) is 0 Å². The van der Waals surface area contributed by atoms with Crippen LogP contribution in [0.15, 0.2) is 5.38 Å². The van der Waals surface area contributed by atoms with E-state index >= 15 is 0 Å². The normalized spacial score (nSPS) is 11.3. The third-order valence-corrected chi connectivity index (χ3v) is 3.35. The lowest BCUT2D eigenvalue weighted by Gasteiger charge is -2.14. The summed E-state index contributed by atoms with van der Waals surface area (Å²) in [6, 6.07) is 0. The lowest BCUT2D eigenvalue weighted by atomic mass is 9.98. The van der Waals surface area contributed by atoms with Crippen LogP contribution in [0, 0.1) is 0 Å². The molecule has 0 saturated carbocycles. The molecule has 0 bridgehead atoms. The maximum Gasteiger partial charge on any atom is 0.323 e. The van der Waals surface area contributed by atoms with Gasteiger partial charge in [-0.2, -0.15) is 0 Å². The van der Waals surface area contributed by atoms with E-state index in [2.05, 4.69) is 4.98 Å². The third-order valence-electron chi connectivity index (χ3n) is 2.08. The summed E-state index contributed by atoms with van der Waals surface area (Å²) < 4.78 is 0. The molecule has 0 aliphatic carbocycles. The SMILES string of the molecule is CN(CC(=O)O)C(=O)c1csc(C(C)(C)C)n1. The van der Waals surface area contributed by atoms with Crippen molar-refractivity contribution in [1.29, 1.82) is 0 Å². The summed E-state index contributed by atoms with van der Waals surface area (Å²) in [5, 5.41) is 11.1. The number of aromatic nitrogens is 1. The summed E-state index contributed by atoms with van der Waals surface area (Å²) in [4.78, 5) is 27.7. The van der Waals surface area contributed by atoms with E-state index in [-0.39, 0.29) is 17.9 Å². The van der Waals surface area contributed by atoms with Crippen molar-refractivity contribution in [2.75, 3.05) is 13.6 Å². The summed E-state index contributed by atoms with van der Waals surface area (Å²) in [7, 11) is 1.45. The van der Waals surface area contributed by atoms with Crippen molar-refractivity contribution in [2.24, 2.45) is 0 Å². The molecule has 0 spiro atoms. The number of carbonyl (C=O) groups is 2. The second kappa shape index (κ2) is 4.83. The van der Waals surface area contributed by atoms with Crippen molar-refractivity contribution in [2.45, 2.75) is 26.2 Å². The van der Waals surface area contributed by atoms with E-state index in [4.69, 9.17) is 5.11 Å². The molecule has 1 aromatic rings. The van der Waals surface area contributed by atoms with E-state index in [9.17, 15) is 9.59 Å². The molecule has 1 amide bonds. The number of hydrogen-bond acceptors (Lipinski definition) is 4. The van der Waals surface area contributed by atoms with E-state index in [0.717, 1.165) is 9.91 Å². The molecule has 0 aromatic carbocycles. The largest absolute Gasteiger partial charge is 0.480 e. The van der Waals surface area contributed by atoms with Crippen molar-refractivity contribution in [1.82, 2.24) is 9.88 Å². The zero-order valence-corrected chi connectivity index (χ0v) is 11.2. The van der Waals surface area contributed by atoms with Gasteiger partial charge in [-0.05, 0) is 0 Å². The highest BCUT2D eigenvalue weighted by Gasteiger charge is 2.22. The minimum atomic E-state index is -1.04. The monoisotopic (exact) mass is 256 g/mol. The van der Waals surface area contributed by atoms with Gasteiger partial charge < -0.3 is 10.0 Å². The second-order valence-electron chi connectivity index (χ2n) is 4.84. The molecule has 17 heavy (non-hydrogen) atoms. The van der Waals surface area contributed by atoms with Crippen molar-refractivity contribution in [3.05, 3.63) is 16.1 Å². The van der Waals surface area contributed by atoms with Gasteiger partial charge in [0.25, 0.3) is 5.91 Å². The maximum atomic E-state index is 11.8. The number of likely N-dealkylation sites (N-methyl/N-ethyl adjacent to an activating group) is 1. The fourth-order valence-electron chi connectivity index (χ4n) is 1.19. The lowest BCUT2D eigenvalue weighted by Crippen LogP contribution is -2.32. The molecule has 1 N–H and O–H groups in total. The number of aliphatic carboxylic acids is 1. The van der Waals surface area contributed by atoms with Crippen LogP contribution in [0.1, 0.15) is 36.3 Å².